The van der Waals surface area contributed by atoms with Crippen molar-refractivity contribution >= 4 is 23.9 Å². The number of anilines is 1. The van der Waals surface area contributed by atoms with Crippen molar-refractivity contribution in [2.45, 2.75) is 0 Å². The van der Waals surface area contributed by atoms with E-state index < -0.39 is 0 Å². The van der Waals surface area contributed by atoms with Gasteiger partial charge in [0, 0.05) is 37.8 Å². The second kappa shape index (κ2) is 8.62. The average molecular weight is 402 g/mol. The highest BCUT2D eigenvalue weighted by Gasteiger charge is 2.26. The maximum Gasteiger partial charge on any atom is 0.253 e. The zero-order valence-electron chi connectivity index (χ0n) is 16.2. The molecule has 30 heavy (non-hydrogen) atoms. The number of hydrogen-bond acceptors (Lipinski definition) is 5. The van der Waals surface area contributed by atoms with Gasteiger partial charge in [-0.05, 0) is 35.9 Å². The average Bonchev–Trinajstić information content (AvgIpc) is 3.22. The van der Waals surface area contributed by atoms with Gasteiger partial charge in [-0.15, -0.1) is 0 Å². The quantitative estimate of drug-likeness (QED) is 0.663. The van der Waals surface area contributed by atoms with Crippen LogP contribution in [0, 0.1) is 17.1 Å². The summed E-state index contributed by atoms with van der Waals surface area (Å²) in [5.74, 6) is 0.261. The molecule has 1 saturated heterocycles. The number of hydrogen-bond donors (Lipinski definition) is 0. The van der Waals surface area contributed by atoms with Crippen molar-refractivity contribution in [3.63, 3.8) is 0 Å². The Hall–Kier alpha value is -3.92. The molecule has 0 aliphatic carbocycles. The molecule has 4 rings (SSSR count). The zero-order chi connectivity index (χ0) is 20.9. The monoisotopic (exact) mass is 402 g/mol. The molecule has 7 heteroatoms. The topological polar surface area (TPSA) is 73.4 Å². The molecule has 0 bridgehead atoms. The van der Waals surface area contributed by atoms with Gasteiger partial charge in [-0.3, -0.25) is 4.79 Å². The first-order valence-corrected chi connectivity index (χ1v) is 9.58. The first-order chi connectivity index (χ1) is 14.6. The highest BCUT2D eigenvalue weighted by molar-refractivity contribution is 5.94. The van der Waals surface area contributed by atoms with Crippen LogP contribution in [0.1, 0.15) is 27.5 Å². The predicted octanol–water partition coefficient (Wildman–Crippen LogP) is 3.82. The van der Waals surface area contributed by atoms with Crippen molar-refractivity contribution < 1.29 is 13.6 Å². The summed E-state index contributed by atoms with van der Waals surface area (Å²) in [6, 6.07) is 17.3. The van der Waals surface area contributed by atoms with Gasteiger partial charge >= 0.3 is 0 Å². The van der Waals surface area contributed by atoms with Crippen LogP contribution < -0.4 is 4.90 Å². The van der Waals surface area contributed by atoms with Crippen molar-refractivity contribution in [2.75, 3.05) is 31.1 Å². The van der Waals surface area contributed by atoms with Crippen molar-refractivity contribution in [1.82, 2.24) is 9.88 Å². The van der Waals surface area contributed by atoms with E-state index in [2.05, 4.69) is 11.1 Å². The molecule has 0 spiro atoms. The van der Waals surface area contributed by atoms with Crippen molar-refractivity contribution in [3.05, 3.63) is 83.1 Å². The summed E-state index contributed by atoms with van der Waals surface area (Å²) in [5.41, 5.74) is 1.68. The highest BCUT2D eigenvalue weighted by atomic mass is 19.1. The Morgan fingerprint density at radius 2 is 1.73 bits per heavy atom. The number of benzene rings is 2. The molecule has 0 unspecified atom stereocenters. The van der Waals surface area contributed by atoms with E-state index in [4.69, 9.17) is 4.42 Å². The zero-order valence-corrected chi connectivity index (χ0v) is 16.2. The van der Waals surface area contributed by atoms with Gasteiger partial charge in [0.15, 0.2) is 0 Å². The number of amides is 1. The van der Waals surface area contributed by atoms with E-state index >= 15 is 0 Å². The van der Waals surface area contributed by atoms with Crippen LogP contribution in [0.25, 0.3) is 12.2 Å². The smallest absolute Gasteiger partial charge is 0.253 e. The molecule has 0 saturated carbocycles. The van der Waals surface area contributed by atoms with E-state index in [0.717, 1.165) is 5.56 Å². The molecule has 1 fully saturated rings. The minimum atomic E-state index is -0.372. The van der Waals surface area contributed by atoms with Crippen molar-refractivity contribution in [1.29, 1.82) is 5.26 Å². The number of piperazine rings is 1. The van der Waals surface area contributed by atoms with Crippen LogP contribution in [-0.2, 0) is 0 Å². The van der Waals surface area contributed by atoms with Crippen LogP contribution in [0.15, 0.2) is 59.0 Å². The van der Waals surface area contributed by atoms with Crippen LogP contribution in [0.3, 0.4) is 0 Å². The minimum Gasteiger partial charge on any atom is -0.420 e. The van der Waals surface area contributed by atoms with Gasteiger partial charge in [-0.1, -0.05) is 30.3 Å². The van der Waals surface area contributed by atoms with Gasteiger partial charge in [-0.25, -0.2) is 4.39 Å². The number of nitriles is 1. The van der Waals surface area contributed by atoms with Crippen LogP contribution >= 0.6 is 0 Å². The molecule has 3 aromatic rings. The Labute approximate surface area is 173 Å². The third kappa shape index (κ3) is 4.23. The molecule has 2 heterocycles. The SMILES string of the molecule is N#Cc1nc(C=Cc2ccccc2)oc1N1CCN(C(=O)c2ccc(F)cc2)CC1. The van der Waals surface area contributed by atoms with E-state index in [9.17, 15) is 14.4 Å². The standard InChI is InChI=1S/C23H19FN4O2/c24-19-9-7-18(8-10-19)22(29)27-12-14-28(15-13-27)23-20(16-25)26-21(30-23)11-6-17-4-2-1-3-5-17/h1-11H,12-15H2. The van der Waals surface area contributed by atoms with E-state index in [1.807, 2.05) is 41.3 Å². The fourth-order valence-electron chi connectivity index (χ4n) is 3.31. The summed E-state index contributed by atoms with van der Waals surface area (Å²) in [6.45, 7) is 1.96. The lowest BCUT2D eigenvalue weighted by atomic mass is 10.2. The van der Waals surface area contributed by atoms with Crippen molar-refractivity contribution in [2.24, 2.45) is 0 Å². The number of aromatic nitrogens is 1. The van der Waals surface area contributed by atoms with E-state index in [-0.39, 0.29) is 17.4 Å². The molecule has 6 nitrogen and oxygen atoms in total. The summed E-state index contributed by atoms with van der Waals surface area (Å²) in [6.07, 6.45) is 3.60. The summed E-state index contributed by atoms with van der Waals surface area (Å²) < 4.78 is 18.9. The molecular weight excluding hydrogens is 383 g/mol. The largest absolute Gasteiger partial charge is 0.420 e. The van der Waals surface area contributed by atoms with Gasteiger partial charge in [0.05, 0.1) is 0 Å². The maximum absolute atomic E-state index is 13.1. The molecule has 1 aliphatic rings. The van der Waals surface area contributed by atoms with E-state index in [1.165, 1.54) is 24.3 Å². The fourth-order valence-corrected chi connectivity index (χ4v) is 3.31. The first-order valence-electron chi connectivity index (χ1n) is 9.58. The van der Waals surface area contributed by atoms with E-state index in [1.54, 1.807) is 11.0 Å². The van der Waals surface area contributed by atoms with Gasteiger partial charge in [-0.2, -0.15) is 10.2 Å². The van der Waals surface area contributed by atoms with Gasteiger partial charge in [0.1, 0.15) is 11.9 Å². The summed E-state index contributed by atoms with van der Waals surface area (Å²) in [7, 11) is 0. The molecule has 1 aliphatic heterocycles. The molecular formula is C23H19FN4O2. The fraction of sp³-hybridized carbons (Fsp3) is 0.174. The van der Waals surface area contributed by atoms with Gasteiger partial charge in [0.2, 0.25) is 17.5 Å². The summed E-state index contributed by atoms with van der Waals surface area (Å²) >= 11 is 0. The van der Waals surface area contributed by atoms with E-state index in [0.29, 0.717) is 43.5 Å². The predicted molar refractivity (Wildman–Crippen MR) is 111 cm³/mol. The van der Waals surface area contributed by atoms with Crippen LogP contribution in [0.2, 0.25) is 0 Å². The number of halogens is 1. The second-order valence-corrected chi connectivity index (χ2v) is 6.85. The van der Waals surface area contributed by atoms with Gasteiger partial charge in [0.25, 0.3) is 5.91 Å². The Bertz CT molecular complexity index is 1090. The molecule has 2 aromatic carbocycles. The number of carbonyl (C=O) groups is 1. The molecule has 150 valence electrons. The maximum atomic E-state index is 13.1. The Morgan fingerprint density at radius 3 is 2.40 bits per heavy atom. The lowest BCUT2D eigenvalue weighted by Crippen LogP contribution is -2.48. The third-order valence-corrected chi connectivity index (χ3v) is 4.89. The number of oxazole rings is 1. The Kier molecular flexibility index (Phi) is 5.57. The van der Waals surface area contributed by atoms with Crippen molar-refractivity contribution in [3.8, 4) is 6.07 Å². The minimum absolute atomic E-state index is 0.140. The molecule has 0 atom stereocenters. The third-order valence-electron chi connectivity index (χ3n) is 4.89. The van der Waals surface area contributed by atoms with Crippen LogP contribution in [0.5, 0.6) is 0 Å². The lowest BCUT2D eigenvalue weighted by molar-refractivity contribution is 0.0745. The summed E-state index contributed by atoms with van der Waals surface area (Å²) in [4.78, 5) is 20.5. The van der Waals surface area contributed by atoms with Crippen LogP contribution in [-0.4, -0.2) is 42.0 Å². The number of rotatable bonds is 4. The second-order valence-electron chi connectivity index (χ2n) is 6.85. The molecule has 0 N–H and O–H groups in total. The first kappa shape index (κ1) is 19.4. The molecule has 1 amide bonds. The summed E-state index contributed by atoms with van der Waals surface area (Å²) in [5, 5.41) is 9.44. The van der Waals surface area contributed by atoms with Gasteiger partial charge < -0.3 is 14.2 Å². The molecule has 0 radical (unpaired) electrons. The Morgan fingerprint density at radius 1 is 1.03 bits per heavy atom. The van der Waals surface area contributed by atoms with Crippen LogP contribution in [0.4, 0.5) is 10.3 Å². The highest BCUT2D eigenvalue weighted by Crippen LogP contribution is 2.24. The Balaban J connectivity index is 1.43. The normalized spacial score (nSPS) is 14.1. The number of carbonyl (C=O) groups excluding carboxylic acids is 1. The molecule has 1 aromatic heterocycles. The number of nitrogens with zero attached hydrogens (tertiary/aromatic N) is 4. The lowest BCUT2D eigenvalue weighted by Gasteiger charge is -2.34.